The fourth-order valence-electron chi connectivity index (χ4n) is 2.00. The van der Waals surface area contributed by atoms with Gasteiger partial charge in [0, 0.05) is 10.6 Å². The van der Waals surface area contributed by atoms with E-state index in [1.807, 2.05) is 30.3 Å². The van der Waals surface area contributed by atoms with Crippen LogP contribution in [0.1, 0.15) is 10.4 Å². The summed E-state index contributed by atoms with van der Waals surface area (Å²) in [4.78, 5) is 20.4. The van der Waals surface area contributed by atoms with Crippen LogP contribution < -0.4 is 5.32 Å². The number of hydrogen-bond acceptors (Lipinski definition) is 3. The minimum atomic E-state index is -0.683. The molecular weight excluding hydrogens is 317 g/mol. The van der Waals surface area contributed by atoms with Crippen molar-refractivity contribution in [1.82, 2.24) is 9.97 Å². The van der Waals surface area contributed by atoms with Gasteiger partial charge in [-0.1, -0.05) is 41.9 Å². The molecule has 114 valence electrons. The molecule has 0 aliphatic rings. The molecule has 6 heteroatoms. The SMILES string of the molecule is O=C(Nc1cnc(-c2ccccc2)nc1)c1ccc(Cl)cc1F. The Morgan fingerprint density at radius 3 is 2.39 bits per heavy atom. The van der Waals surface area contributed by atoms with Crippen LogP contribution >= 0.6 is 11.6 Å². The first kappa shape index (κ1) is 15.1. The highest BCUT2D eigenvalue weighted by molar-refractivity contribution is 6.30. The predicted octanol–water partition coefficient (Wildman–Crippen LogP) is 4.19. The third-order valence-corrected chi connectivity index (χ3v) is 3.35. The molecule has 0 saturated carbocycles. The van der Waals surface area contributed by atoms with Gasteiger partial charge in [0.05, 0.1) is 23.6 Å². The lowest BCUT2D eigenvalue weighted by molar-refractivity contribution is 0.102. The largest absolute Gasteiger partial charge is 0.319 e. The van der Waals surface area contributed by atoms with Crippen LogP contribution in [-0.2, 0) is 0 Å². The molecule has 23 heavy (non-hydrogen) atoms. The first-order chi connectivity index (χ1) is 11.1. The van der Waals surface area contributed by atoms with Gasteiger partial charge >= 0.3 is 0 Å². The molecule has 0 fully saturated rings. The Kier molecular flexibility index (Phi) is 4.30. The van der Waals surface area contributed by atoms with Gasteiger partial charge in [0.25, 0.3) is 5.91 Å². The van der Waals surface area contributed by atoms with Gasteiger partial charge in [0.2, 0.25) is 0 Å². The average Bonchev–Trinajstić information content (AvgIpc) is 2.56. The van der Waals surface area contributed by atoms with Crippen LogP contribution in [0.25, 0.3) is 11.4 Å². The first-order valence-corrected chi connectivity index (χ1v) is 7.15. The molecule has 0 aliphatic carbocycles. The molecular formula is C17H11ClFN3O. The highest BCUT2D eigenvalue weighted by atomic mass is 35.5. The fourth-order valence-corrected chi connectivity index (χ4v) is 2.16. The fraction of sp³-hybridized carbons (Fsp3) is 0. The Hall–Kier alpha value is -2.79. The summed E-state index contributed by atoms with van der Waals surface area (Å²) in [6.45, 7) is 0. The summed E-state index contributed by atoms with van der Waals surface area (Å²) in [6, 6.07) is 13.3. The normalized spacial score (nSPS) is 10.3. The zero-order valence-electron chi connectivity index (χ0n) is 11.8. The molecule has 3 aromatic rings. The molecule has 1 aromatic heterocycles. The monoisotopic (exact) mass is 327 g/mol. The molecule has 0 saturated heterocycles. The van der Waals surface area contributed by atoms with E-state index in [0.29, 0.717) is 11.5 Å². The van der Waals surface area contributed by atoms with Crippen molar-refractivity contribution in [1.29, 1.82) is 0 Å². The highest BCUT2D eigenvalue weighted by Crippen LogP contribution is 2.17. The minimum absolute atomic E-state index is 0.0958. The summed E-state index contributed by atoms with van der Waals surface area (Å²) >= 11 is 5.67. The lowest BCUT2D eigenvalue weighted by Crippen LogP contribution is -2.14. The Morgan fingerprint density at radius 2 is 1.74 bits per heavy atom. The number of benzene rings is 2. The second-order valence-electron chi connectivity index (χ2n) is 4.74. The van der Waals surface area contributed by atoms with Crippen LogP contribution in [0.5, 0.6) is 0 Å². The van der Waals surface area contributed by atoms with Crippen LogP contribution in [0.2, 0.25) is 5.02 Å². The zero-order chi connectivity index (χ0) is 16.2. The number of carbonyl (C=O) groups is 1. The van der Waals surface area contributed by atoms with E-state index < -0.39 is 11.7 Å². The van der Waals surface area contributed by atoms with Crippen LogP contribution in [0.3, 0.4) is 0 Å². The van der Waals surface area contributed by atoms with Gasteiger partial charge in [0.15, 0.2) is 5.82 Å². The van der Waals surface area contributed by atoms with Crippen molar-refractivity contribution in [3.05, 3.63) is 77.3 Å². The summed E-state index contributed by atoms with van der Waals surface area (Å²) in [5.74, 6) is -0.728. The lowest BCUT2D eigenvalue weighted by atomic mass is 10.2. The number of rotatable bonds is 3. The Labute approximate surface area is 137 Å². The van der Waals surface area contributed by atoms with Crippen molar-refractivity contribution >= 4 is 23.2 Å². The molecule has 0 spiro atoms. The first-order valence-electron chi connectivity index (χ1n) is 6.77. The molecule has 2 aromatic carbocycles. The quantitative estimate of drug-likeness (QED) is 0.784. The van der Waals surface area contributed by atoms with Crippen LogP contribution in [-0.4, -0.2) is 15.9 Å². The second kappa shape index (κ2) is 6.54. The molecule has 1 heterocycles. The third kappa shape index (κ3) is 3.52. The van der Waals surface area contributed by atoms with Gasteiger partial charge in [-0.2, -0.15) is 0 Å². The summed E-state index contributed by atoms with van der Waals surface area (Å²) in [7, 11) is 0. The molecule has 0 atom stereocenters. The van der Waals surface area contributed by atoms with Crippen LogP contribution in [0, 0.1) is 5.82 Å². The Morgan fingerprint density at radius 1 is 1.04 bits per heavy atom. The van der Waals surface area contributed by atoms with Crippen molar-refractivity contribution in [3.8, 4) is 11.4 Å². The van der Waals surface area contributed by atoms with E-state index in [4.69, 9.17) is 11.6 Å². The van der Waals surface area contributed by atoms with E-state index in [1.165, 1.54) is 24.5 Å². The molecule has 0 bridgehead atoms. The molecule has 0 radical (unpaired) electrons. The van der Waals surface area contributed by atoms with E-state index in [1.54, 1.807) is 0 Å². The van der Waals surface area contributed by atoms with Crippen molar-refractivity contribution in [2.24, 2.45) is 0 Å². The van der Waals surface area contributed by atoms with E-state index in [2.05, 4.69) is 15.3 Å². The van der Waals surface area contributed by atoms with E-state index in [9.17, 15) is 9.18 Å². The topological polar surface area (TPSA) is 54.9 Å². The Balaban J connectivity index is 1.77. The summed E-state index contributed by atoms with van der Waals surface area (Å²) in [6.07, 6.45) is 2.95. The number of nitrogens with one attached hydrogen (secondary N) is 1. The van der Waals surface area contributed by atoms with Gasteiger partial charge in [-0.3, -0.25) is 4.79 Å². The smallest absolute Gasteiger partial charge is 0.258 e. The van der Waals surface area contributed by atoms with Crippen LogP contribution in [0.15, 0.2) is 60.9 Å². The lowest BCUT2D eigenvalue weighted by Gasteiger charge is -2.06. The zero-order valence-corrected chi connectivity index (χ0v) is 12.6. The number of anilines is 1. The molecule has 0 aliphatic heterocycles. The average molecular weight is 328 g/mol. The number of halogens is 2. The standard InChI is InChI=1S/C17H11ClFN3O/c18-12-6-7-14(15(19)8-12)17(23)22-13-9-20-16(21-10-13)11-4-2-1-3-5-11/h1-10H,(H,22,23). The second-order valence-corrected chi connectivity index (χ2v) is 5.18. The number of hydrogen-bond donors (Lipinski definition) is 1. The minimum Gasteiger partial charge on any atom is -0.319 e. The molecule has 1 amide bonds. The van der Waals surface area contributed by atoms with Gasteiger partial charge < -0.3 is 5.32 Å². The molecule has 0 unspecified atom stereocenters. The Bertz CT molecular complexity index is 838. The van der Waals surface area contributed by atoms with E-state index in [-0.39, 0.29) is 10.6 Å². The molecule has 3 rings (SSSR count). The summed E-state index contributed by atoms with van der Waals surface area (Å²) in [5.41, 5.74) is 1.15. The van der Waals surface area contributed by atoms with Crippen molar-refractivity contribution in [3.63, 3.8) is 0 Å². The van der Waals surface area contributed by atoms with Crippen LogP contribution in [0.4, 0.5) is 10.1 Å². The van der Waals surface area contributed by atoms with Gasteiger partial charge in [0.1, 0.15) is 5.82 Å². The molecule has 4 nitrogen and oxygen atoms in total. The van der Waals surface area contributed by atoms with Gasteiger partial charge in [-0.05, 0) is 18.2 Å². The number of nitrogens with zero attached hydrogens (tertiary/aromatic N) is 2. The maximum Gasteiger partial charge on any atom is 0.258 e. The van der Waals surface area contributed by atoms with Crippen molar-refractivity contribution < 1.29 is 9.18 Å². The third-order valence-electron chi connectivity index (χ3n) is 3.12. The van der Waals surface area contributed by atoms with Crippen molar-refractivity contribution in [2.45, 2.75) is 0 Å². The number of amides is 1. The number of carbonyl (C=O) groups excluding carboxylic acids is 1. The van der Waals surface area contributed by atoms with E-state index >= 15 is 0 Å². The van der Waals surface area contributed by atoms with Gasteiger partial charge in [-0.25, -0.2) is 14.4 Å². The molecule has 1 N–H and O–H groups in total. The maximum atomic E-state index is 13.7. The number of aromatic nitrogens is 2. The highest BCUT2D eigenvalue weighted by Gasteiger charge is 2.12. The summed E-state index contributed by atoms with van der Waals surface area (Å²) < 4.78 is 13.7. The predicted molar refractivity (Wildman–Crippen MR) is 86.8 cm³/mol. The van der Waals surface area contributed by atoms with Gasteiger partial charge in [-0.15, -0.1) is 0 Å². The summed E-state index contributed by atoms with van der Waals surface area (Å²) in [5, 5.41) is 2.78. The maximum absolute atomic E-state index is 13.7. The van der Waals surface area contributed by atoms with Crippen molar-refractivity contribution in [2.75, 3.05) is 5.32 Å². The van der Waals surface area contributed by atoms with E-state index in [0.717, 1.165) is 11.6 Å².